The lowest BCUT2D eigenvalue weighted by molar-refractivity contribution is 0.175. The SMILES string of the molecule is CCCCC1=CC=CC1[Si](OCC)(OCC)C1C=CC=C1CCCC. The van der Waals surface area contributed by atoms with Gasteiger partial charge in [0, 0.05) is 24.3 Å². The van der Waals surface area contributed by atoms with Gasteiger partial charge in [0.1, 0.15) is 0 Å². The summed E-state index contributed by atoms with van der Waals surface area (Å²) < 4.78 is 13.2. The summed E-state index contributed by atoms with van der Waals surface area (Å²) in [6, 6.07) is 0. The summed E-state index contributed by atoms with van der Waals surface area (Å²) in [5.74, 6) is 0. The molecule has 2 rings (SSSR count). The van der Waals surface area contributed by atoms with Crippen LogP contribution >= 0.6 is 0 Å². The minimum absolute atomic E-state index is 0.344. The summed E-state index contributed by atoms with van der Waals surface area (Å²) in [6.45, 7) is 10.2. The molecule has 0 saturated carbocycles. The molecule has 0 heterocycles. The minimum Gasteiger partial charge on any atom is -0.393 e. The second kappa shape index (κ2) is 10.3. The Labute approximate surface area is 155 Å². The fourth-order valence-electron chi connectivity index (χ4n) is 4.11. The number of hydrogen-bond donors (Lipinski definition) is 0. The maximum absolute atomic E-state index is 6.59. The van der Waals surface area contributed by atoms with E-state index in [4.69, 9.17) is 8.85 Å². The van der Waals surface area contributed by atoms with Crippen LogP contribution in [0.4, 0.5) is 0 Å². The lowest BCUT2D eigenvalue weighted by Crippen LogP contribution is -2.51. The van der Waals surface area contributed by atoms with Gasteiger partial charge in [0.25, 0.3) is 0 Å². The summed E-state index contributed by atoms with van der Waals surface area (Å²) in [7, 11) is -2.47. The normalized spacial score (nSPS) is 22.6. The summed E-state index contributed by atoms with van der Waals surface area (Å²) in [5.41, 5.74) is 3.73. The molecular formula is C22H36O2Si. The van der Waals surface area contributed by atoms with Crippen molar-refractivity contribution in [3.8, 4) is 0 Å². The largest absolute Gasteiger partial charge is 0.393 e. The van der Waals surface area contributed by atoms with Gasteiger partial charge in [-0.05, 0) is 39.5 Å². The van der Waals surface area contributed by atoms with Gasteiger partial charge in [-0.3, -0.25) is 0 Å². The van der Waals surface area contributed by atoms with E-state index in [1.165, 1.54) is 36.8 Å². The van der Waals surface area contributed by atoms with E-state index in [-0.39, 0.29) is 0 Å². The van der Waals surface area contributed by atoms with E-state index in [2.05, 4.69) is 64.2 Å². The lowest BCUT2D eigenvalue weighted by Gasteiger charge is -2.40. The third-order valence-corrected chi connectivity index (χ3v) is 9.61. The van der Waals surface area contributed by atoms with Crippen molar-refractivity contribution in [1.29, 1.82) is 0 Å². The second-order valence-corrected chi connectivity index (χ2v) is 10.3. The van der Waals surface area contributed by atoms with Crippen LogP contribution in [0.2, 0.25) is 11.1 Å². The Kier molecular flexibility index (Phi) is 8.40. The van der Waals surface area contributed by atoms with Gasteiger partial charge in [0.05, 0.1) is 0 Å². The Bertz CT molecular complexity index is 482. The van der Waals surface area contributed by atoms with Crippen LogP contribution in [0.1, 0.15) is 66.2 Å². The molecule has 0 saturated heterocycles. The third kappa shape index (κ3) is 4.63. The molecule has 0 aromatic heterocycles. The highest BCUT2D eigenvalue weighted by Gasteiger charge is 2.53. The molecule has 2 aliphatic carbocycles. The predicted octanol–water partition coefficient (Wildman–Crippen LogP) is 6.61. The highest BCUT2D eigenvalue weighted by Crippen LogP contribution is 2.50. The monoisotopic (exact) mass is 360 g/mol. The number of allylic oxidation sites excluding steroid dienone is 8. The quantitative estimate of drug-likeness (QED) is 0.364. The maximum Gasteiger partial charge on any atom is 0.360 e. The van der Waals surface area contributed by atoms with Crippen molar-refractivity contribution in [3.05, 3.63) is 47.6 Å². The topological polar surface area (TPSA) is 18.5 Å². The smallest absolute Gasteiger partial charge is 0.360 e. The van der Waals surface area contributed by atoms with E-state index >= 15 is 0 Å². The molecule has 25 heavy (non-hydrogen) atoms. The molecule has 0 amide bonds. The van der Waals surface area contributed by atoms with Gasteiger partial charge in [-0.2, -0.15) is 0 Å². The van der Waals surface area contributed by atoms with Gasteiger partial charge in [-0.15, -0.1) is 0 Å². The average molecular weight is 361 g/mol. The van der Waals surface area contributed by atoms with Crippen LogP contribution in [0.15, 0.2) is 47.6 Å². The van der Waals surface area contributed by atoms with Gasteiger partial charge < -0.3 is 8.85 Å². The van der Waals surface area contributed by atoms with E-state index in [1.807, 2.05) is 0 Å². The molecule has 2 atom stereocenters. The third-order valence-electron chi connectivity index (χ3n) is 5.27. The Morgan fingerprint density at radius 2 is 1.20 bits per heavy atom. The first-order valence-electron chi connectivity index (χ1n) is 10.3. The van der Waals surface area contributed by atoms with Crippen LogP contribution in [0.5, 0.6) is 0 Å². The first-order chi connectivity index (χ1) is 12.2. The minimum atomic E-state index is -2.47. The Morgan fingerprint density at radius 1 is 0.760 bits per heavy atom. The first kappa shape index (κ1) is 20.4. The fourth-order valence-corrected chi connectivity index (χ4v) is 8.47. The van der Waals surface area contributed by atoms with E-state index in [0.717, 1.165) is 26.1 Å². The lowest BCUT2D eigenvalue weighted by atomic mass is 10.1. The van der Waals surface area contributed by atoms with Gasteiger partial charge in [0.2, 0.25) is 0 Å². The van der Waals surface area contributed by atoms with Gasteiger partial charge >= 0.3 is 8.56 Å². The van der Waals surface area contributed by atoms with E-state index in [0.29, 0.717) is 11.1 Å². The van der Waals surface area contributed by atoms with E-state index in [1.54, 1.807) is 0 Å². The average Bonchev–Trinajstić information content (AvgIpc) is 3.27. The van der Waals surface area contributed by atoms with Crippen LogP contribution < -0.4 is 0 Å². The molecule has 0 aromatic carbocycles. The molecule has 2 unspecified atom stereocenters. The van der Waals surface area contributed by atoms with Crippen molar-refractivity contribution in [1.82, 2.24) is 0 Å². The van der Waals surface area contributed by atoms with Gasteiger partial charge in [0.15, 0.2) is 0 Å². The van der Waals surface area contributed by atoms with Gasteiger partial charge in [-0.25, -0.2) is 0 Å². The predicted molar refractivity (Wildman–Crippen MR) is 110 cm³/mol. The van der Waals surface area contributed by atoms with Crippen LogP contribution in [0.25, 0.3) is 0 Å². The zero-order chi connectivity index (χ0) is 18.1. The van der Waals surface area contributed by atoms with E-state index < -0.39 is 8.56 Å². The molecule has 2 nitrogen and oxygen atoms in total. The number of rotatable bonds is 12. The van der Waals surface area contributed by atoms with Crippen molar-refractivity contribution < 1.29 is 8.85 Å². The molecule has 140 valence electrons. The zero-order valence-corrected chi connectivity index (χ0v) is 17.6. The molecule has 0 aliphatic heterocycles. The highest BCUT2D eigenvalue weighted by atomic mass is 28.4. The Hall–Kier alpha value is -0.903. The van der Waals surface area contributed by atoms with Crippen molar-refractivity contribution >= 4 is 8.56 Å². The highest BCUT2D eigenvalue weighted by molar-refractivity contribution is 6.73. The van der Waals surface area contributed by atoms with E-state index in [9.17, 15) is 0 Å². The number of unbranched alkanes of at least 4 members (excludes halogenated alkanes) is 2. The van der Waals surface area contributed by atoms with Crippen LogP contribution in [0.3, 0.4) is 0 Å². The summed E-state index contributed by atoms with van der Waals surface area (Å²) in [5, 5.41) is 0. The molecule has 0 spiro atoms. The molecule has 0 aromatic rings. The second-order valence-electron chi connectivity index (χ2n) is 7.00. The van der Waals surface area contributed by atoms with Crippen LogP contribution in [-0.2, 0) is 8.85 Å². The molecule has 2 aliphatic rings. The first-order valence-corrected chi connectivity index (χ1v) is 12.2. The molecule has 3 heteroatoms. The molecule has 0 radical (unpaired) electrons. The summed E-state index contributed by atoms with van der Waals surface area (Å²) in [6.07, 6.45) is 21.0. The molecular weight excluding hydrogens is 324 g/mol. The van der Waals surface area contributed by atoms with Crippen molar-refractivity contribution in [2.45, 2.75) is 77.3 Å². The summed E-state index contributed by atoms with van der Waals surface area (Å²) >= 11 is 0. The Morgan fingerprint density at radius 3 is 1.56 bits per heavy atom. The van der Waals surface area contributed by atoms with Crippen molar-refractivity contribution in [2.24, 2.45) is 0 Å². The van der Waals surface area contributed by atoms with Crippen LogP contribution in [-0.4, -0.2) is 21.8 Å². The Balaban J connectivity index is 2.33. The molecule has 0 bridgehead atoms. The summed E-state index contributed by atoms with van der Waals surface area (Å²) in [4.78, 5) is 0. The maximum atomic E-state index is 6.59. The molecule has 0 N–H and O–H groups in total. The molecule has 0 fully saturated rings. The number of hydrogen-bond acceptors (Lipinski definition) is 2. The van der Waals surface area contributed by atoms with Crippen molar-refractivity contribution in [3.63, 3.8) is 0 Å². The fraction of sp³-hybridized carbons (Fsp3) is 0.636. The van der Waals surface area contributed by atoms with Crippen LogP contribution in [0, 0.1) is 0 Å². The standard InChI is InChI=1S/C22H36O2Si/c1-5-9-13-19-15-11-17-21(19)25(23-7-3,24-8-4)22-18-12-16-20(22)14-10-6-2/h11-12,15-18,21-22H,5-10,13-14H2,1-4H3. The van der Waals surface area contributed by atoms with Crippen molar-refractivity contribution in [2.75, 3.05) is 13.2 Å². The zero-order valence-electron chi connectivity index (χ0n) is 16.6. The van der Waals surface area contributed by atoms with Gasteiger partial charge in [-0.1, -0.05) is 74.3 Å².